The third-order valence-electron chi connectivity index (χ3n) is 5.94. The Hall–Kier alpha value is -2.30. The van der Waals surface area contributed by atoms with E-state index in [0.717, 1.165) is 37.8 Å². The molecule has 1 aromatic heterocycles. The number of aryl methyl sites for hydroxylation is 1. The summed E-state index contributed by atoms with van der Waals surface area (Å²) in [7, 11) is 0. The van der Waals surface area contributed by atoms with Gasteiger partial charge in [-0.05, 0) is 67.5 Å². The van der Waals surface area contributed by atoms with Crippen LogP contribution in [0.25, 0.3) is 10.8 Å². The Labute approximate surface area is 201 Å². The summed E-state index contributed by atoms with van der Waals surface area (Å²) >= 11 is 0. The molecule has 184 valence electrons. The first-order valence-corrected chi connectivity index (χ1v) is 12.7. The third kappa shape index (κ3) is 8.53. The molecule has 2 heterocycles. The Morgan fingerprint density at radius 2 is 1.85 bits per heavy atom. The highest BCUT2D eigenvalue weighted by Gasteiger charge is 2.20. The van der Waals surface area contributed by atoms with Crippen molar-refractivity contribution in [3.8, 4) is 0 Å². The van der Waals surface area contributed by atoms with Crippen molar-refractivity contribution < 1.29 is 4.79 Å². The van der Waals surface area contributed by atoms with E-state index in [0.29, 0.717) is 6.42 Å². The fraction of sp³-hybridized carbons (Fsp3) is 0.643. The number of pyridine rings is 1. The minimum absolute atomic E-state index is 0.0475. The maximum Gasteiger partial charge on any atom is 0.217 e. The van der Waals surface area contributed by atoms with Crippen LogP contribution in [0.3, 0.4) is 0 Å². The zero-order valence-electron chi connectivity index (χ0n) is 22.1. The topological polar surface area (TPSA) is 62.5 Å². The van der Waals surface area contributed by atoms with E-state index in [-0.39, 0.29) is 11.3 Å². The largest absolute Gasteiger partial charge is 0.372 e. The number of carbonyl (C=O) groups is 1. The molecule has 5 heteroatoms. The first-order chi connectivity index (χ1) is 15.5. The number of amides is 1. The van der Waals surface area contributed by atoms with Crippen molar-refractivity contribution in [1.29, 1.82) is 0 Å². The normalized spacial score (nSPS) is 16.3. The van der Waals surface area contributed by atoms with Crippen molar-refractivity contribution in [2.75, 3.05) is 36.0 Å². The maximum atomic E-state index is 10.2. The molecule has 0 spiro atoms. The SMILES string of the molecule is CC(C)(C)CC(N)=O.CCCN(CCC)c1ccc2cc(C)nc(N3CCC[C@H](C)C3)c2c1. The minimum atomic E-state index is -0.225. The highest BCUT2D eigenvalue weighted by atomic mass is 16.1. The molecule has 1 saturated heterocycles. The Balaban J connectivity index is 0.000000414. The van der Waals surface area contributed by atoms with E-state index >= 15 is 0 Å². The highest BCUT2D eigenvalue weighted by molar-refractivity contribution is 5.95. The zero-order chi connectivity index (χ0) is 24.6. The van der Waals surface area contributed by atoms with Gasteiger partial charge >= 0.3 is 0 Å². The number of benzene rings is 1. The fourth-order valence-corrected chi connectivity index (χ4v) is 4.60. The average molecular weight is 455 g/mol. The van der Waals surface area contributed by atoms with Crippen molar-refractivity contribution in [3.63, 3.8) is 0 Å². The summed E-state index contributed by atoms with van der Waals surface area (Å²) in [5.74, 6) is 1.72. The molecule has 0 unspecified atom stereocenters. The first-order valence-electron chi connectivity index (χ1n) is 12.7. The summed E-state index contributed by atoms with van der Waals surface area (Å²) < 4.78 is 0. The standard InChI is InChI=1S/C22H33N3.C6H13NO/c1-5-11-24(12-6-2)20-10-9-19-14-18(4)23-22(21(19)15-20)25-13-7-8-17(3)16-25;1-6(2,3)4-5(7)8/h9-10,14-15,17H,5-8,11-13,16H2,1-4H3;4H2,1-3H3,(H2,7,8)/t17-;/m0./s1. The molecule has 3 rings (SSSR count). The van der Waals surface area contributed by atoms with Gasteiger partial charge in [-0.25, -0.2) is 4.98 Å². The predicted octanol–water partition coefficient (Wildman–Crippen LogP) is 6.31. The van der Waals surface area contributed by atoms with E-state index < -0.39 is 0 Å². The van der Waals surface area contributed by atoms with Gasteiger partial charge in [-0.1, -0.05) is 47.6 Å². The van der Waals surface area contributed by atoms with Crippen LogP contribution >= 0.6 is 0 Å². The van der Waals surface area contributed by atoms with Crippen molar-refractivity contribution in [2.45, 2.75) is 80.6 Å². The molecule has 1 aliphatic heterocycles. The Morgan fingerprint density at radius 3 is 2.36 bits per heavy atom. The number of piperidine rings is 1. The number of primary amides is 1. The first kappa shape index (κ1) is 26.9. The van der Waals surface area contributed by atoms with Gasteiger partial charge in [-0.3, -0.25) is 4.79 Å². The smallest absolute Gasteiger partial charge is 0.217 e. The summed E-state index contributed by atoms with van der Waals surface area (Å²) in [6, 6.07) is 9.17. The van der Waals surface area contributed by atoms with Crippen LogP contribution in [0.1, 0.15) is 79.3 Å². The number of aromatic nitrogens is 1. The summed E-state index contributed by atoms with van der Waals surface area (Å²) in [4.78, 5) is 20.2. The Morgan fingerprint density at radius 1 is 1.18 bits per heavy atom. The van der Waals surface area contributed by atoms with Crippen LogP contribution in [-0.2, 0) is 4.79 Å². The molecule has 0 radical (unpaired) electrons. The molecule has 0 saturated carbocycles. The Kier molecular flexibility index (Phi) is 10.00. The third-order valence-corrected chi connectivity index (χ3v) is 5.94. The zero-order valence-corrected chi connectivity index (χ0v) is 22.1. The molecule has 2 aromatic rings. The number of nitrogens with zero attached hydrogens (tertiary/aromatic N) is 3. The molecule has 5 nitrogen and oxygen atoms in total. The van der Waals surface area contributed by atoms with Gasteiger partial charge in [-0.2, -0.15) is 0 Å². The summed E-state index contributed by atoms with van der Waals surface area (Å²) in [5, 5.41) is 2.63. The fourth-order valence-electron chi connectivity index (χ4n) is 4.60. The van der Waals surface area contributed by atoms with E-state index in [1.807, 2.05) is 20.8 Å². The molecular formula is C28H46N4O. The monoisotopic (exact) mass is 454 g/mol. The van der Waals surface area contributed by atoms with Crippen molar-refractivity contribution >= 4 is 28.2 Å². The van der Waals surface area contributed by atoms with Gasteiger partial charge in [0.25, 0.3) is 0 Å². The van der Waals surface area contributed by atoms with Crippen molar-refractivity contribution in [3.05, 3.63) is 30.0 Å². The molecule has 1 amide bonds. The summed E-state index contributed by atoms with van der Waals surface area (Å²) in [6.45, 7) is 19.4. The molecule has 1 fully saturated rings. The molecule has 33 heavy (non-hydrogen) atoms. The van der Waals surface area contributed by atoms with Gasteiger partial charge < -0.3 is 15.5 Å². The number of hydrogen-bond acceptors (Lipinski definition) is 4. The van der Waals surface area contributed by atoms with E-state index in [1.165, 1.54) is 48.0 Å². The number of nitrogens with two attached hydrogens (primary N) is 1. The van der Waals surface area contributed by atoms with Crippen LogP contribution in [0.15, 0.2) is 24.3 Å². The molecule has 1 aliphatic rings. The molecule has 0 bridgehead atoms. The van der Waals surface area contributed by atoms with Crippen LogP contribution < -0.4 is 15.5 Å². The number of fused-ring (bicyclic) bond motifs is 1. The molecule has 1 atom stereocenters. The van der Waals surface area contributed by atoms with Crippen LogP contribution in [-0.4, -0.2) is 37.1 Å². The average Bonchev–Trinajstić information content (AvgIpc) is 2.71. The lowest BCUT2D eigenvalue weighted by atomic mass is 9.92. The summed E-state index contributed by atoms with van der Waals surface area (Å²) in [5.41, 5.74) is 7.45. The van der Waals surface area contributed by atoms with E-state index in [9.17, 15) is 4.79 Å². The maximum absolute atomic E-state index is 10.2. The molecular weight excluding hydrogens is 408 g/mol. The number of anilines is 2. The minimum Gasteiger partial charge on any atom is -0.372 e. The number of rotatable bonds is 7. The van der Waals surface area contributed by atoms with E-state index in [2.05, 4.69) is 61.8 Å². The van der Waals surface area contributed by atoms with Crippen molar-refractivity contribution in [1.82, 2.24) is 4.98 Å². The number of carbonyl (C=O) groups excluding carboxylic acids is 1. The number of hydrogen-bond donors (Lipinski definition) is 1. The van der Waals surface area contributed by atoms with E-state index in [4.69, 9.17) is 10.7 Å². The second-order valence-electron chi connectivity index (χ2n) is 10.9. The van der Waals surface area contributed by atoms with Gasteiger partial charge in [0.15, 0.2) is 0 Å². The lowest BCUT2D eigenvalue weighted by Gasteiger charge is -2.33. The molecule has 0 aliphatic carbocycles. The van der Waals surface area contributed by atoms with Crippen LogP contribution in [0.5, 0.6) is 0 Å². The van der Waals surface area contributed by atoms with Crippen LogP contribution in [0.2, 0.25) is 0 Å². The predicted molar refractivity (Wildman–Crippen MR) is 143 cm³/mol. The second kappa shape index (κ2) is 12.2. The van der Waals surface area contributed by atoms with E-state index in [1.54, 1.807) is 0 Å². The van der Waals surface area contributed by atoms with Gasteiger partial charge in [0.2, 0.25) is 5.91 Å². The Bertz CT molecular complexity index is 897. The van der Waals surface area contributed by atoms with Gasteiger partial charge in [-0.15, -0.1) is 0 Å². The second-order valence-corrected chi connectivity index (χ2v) is 10.9. The molecule has 1 aromatic carbocycles. The van der Waals surface area contributed by atoms with Gasteiger partial charge in [0.05, 0.1) is 0 Å². The van der Waals surface area contributed by atoms with Gasteiger partial charge in [0, 0.05) is 49.4 Å². The van der Waals surface area contributed by atoms with Gasteiger partial charge in [0.1, 0.15) is 5.82 Å². The van der Waals surface area contributed by atoms with Crippen LogP contribution in [0.4, 0.5) is 11.5 Å². The highest BCUT2D eigenvalue weighted by Crippen LogP contribution is 2.32. The van der Waals surface area contributed by atoms with Crippen LogP contribution in [0, 0.1) is 18.3 Å². The molecule has 2 N–H and O–H groups in total. The summed E-state index contributed by atoms with van der Waals surface area (Å²) in [6.07, 6.45) is 5.44. The lowest BCUT2D eigenvalue weighted by molar-refractivity contribution is -0.119. The lowest BCUT2D eigenvalue weighted by Crippen LogP contribution is -2.35. The van der Waals surface area contributed by atoms with Crippen molar-refractivity contribution in [2.24, 2.45) is 17.1 Å². The quantitative estimate of drug-likeness (QED) is 0.532.